The molecule has 2 aliphatic rings. The molecule has 1 aromatic carbocycles. The summed E-state index contributed by atoms with van der Waals surface area (Å²) in [5, 5.41) is 2.88. The van der Waals surface area contributed by atoms with Crippen LogP contribution in [0, 0.1) is 11.8 Å². The zero-order valence-corrected chi connectivity index (χ0v) is 16.5. The molecule has 8 heteroatoms. The maximum Gasteiger partial charge on any atom is 0.226 e. The molecule has 3 atom stereocenters. The number of hydrogen-bond donors (Lipinski definition) is 1. The molecule has 1 N–H and O–H groups in total. The van der Waals surface area contributed by atoms with Crippen molar-refractivity contribution < 1.29 is 22.7 Å². The molecule has 0 spiro atoms. The first-order valence-electron chi connectivity index (χ1n) is 9.26. The molecule has 1 aromatic rings. The number of nitrogens with zero attached hydrogens (tertiary/aromatic N) is 1. The van der Waals surface area contributed by atoms with Gasteiger partial charge in [-0.15, -0.1) is 0 Å². The minimum atomic E-state index is -3.05. The van der Waals surface area contributed by atoms with Crippen LogP contribution in [0.3, 0.4) is 0 Å². The average molecular weight is 394 g/mol. The molecule has 0 bridgehead atoms. The van der Waals surface area contributed by atoms with Crippen LogP contribution in [0.2, 0.25) is 0 Å². The summed E-state index contributed by atoms with van der Waals surface area (Å²) >= 11 is 0. The van der Waals surface area contributed by atoms with Crippen molar-refractivity contribution in [3.05, 3.63) is 29.8 Å². The van der Waals surface area contributed by atoms with Crippen molar-refractivity contribution in [3.8, 4) is 5.75 Å². The highest BCUT2D eigenvalue weighted by molar-refractivity contribution is 7.91. The fourth-order valence-corrected chi connectivity index (χ4v) is 5.38. The number of ether oxygens (including phenoxy) is 1. The van der Waals surface area contributed by atoms with Crippen molar-refractivity contribution in [3.63, 3.8) is 0 Å². The van der Waals surface area contributed by atoms with E-state index in [0.717, 1.165) is 11.3 Å². The quantitative estimate of drug-likeness (QED) is 0.744. The fraction of sp³-hybridized carbons (Fsp3) is 0.579. The van der Waals surface area contributed by atoms with Crippen LogP contribution >= 0.6 is 0 Å². The van der Waals surface area contributed by atoms with Crippen molar-refractivity contribution in [2.45, 2.75) is 32.4 Å². The summed E-state index contributed by atoms with van der Waals surface area (Å²) in [5.41, 5.74) is 0.957. The number of benzene rings is 1. The molecule has 0 radical (unpaired) electrons. The number of nitrogens with one attached hydrogen (secondary N) is 1. The fourth-order valence-electron chi connectivity index (χ4n) is 3.65. The molecule has 1 saturated carbocycles. The number of carbonyl (C=O) groups is 2. The van der Waals surface area contributed by atoms with Gasteiger partial charge >= 0.3 is 0 Å². The van der Waals surface area contributed by atoms with Gasteiger partial charge < -0.3 is 15.0 Å². The highest BCUT2D eigenvalue weighted by Gasteiger charge is 2.50. The molecule has 2 fully saturated rings. The van der Waals surface area contributed by atoms with E-state index in [4.69, 9.17) is 4.74 Å². The Bertz CT molecular complexity index is 806. The molecule has 1 aliphatic carbocycles. The van der Waals surface area contributed by atoms with E-state index in [9.17, 15) is 18.0 Å². The van der Waals surface area contributed by atoms with Crippen LogP contribution in [0.15, 0.2) is 24.3 Å². The lowest BCUT2D eigenvalue weighted by molar-refractivity contribution is -0.136. The molecular formula is C19H26N2O5S. The van der Waals surface area contributed by atoms with Crippen LogP contribution in [0.4, 0.5) is 0 Å². The summed E-state index contributed by atoms with van der Waals surface area (Å²) < 4.78 is 28.5. The second kappa shape index (κ2) is 7.88. The zero-order valence-electron chi connectivity index (χ0n) is 15.7. The number of sulfone groups is 1. The molecular weight excluding hydrogens is 368 g/mol. The maximum absolute atomic E-state index is 12.7. The second-order valence-corrected chi connectivity index (χ2v) is 9.42. The van der Waals surface area contributed by atoms with E-state index in [1.54, 1.807) is 12.0 Å². The Kier molecular flexibility index (Phi) is 5.74. The van der Waals surface area contributed by atoms with Gasteiger partial charge in [0.1, 0.15) is 5.75 Å². The van der Waals surface area contributed by atoms with Crippen molar-refractivity contribution >= 4 is 21.7 Å². The minimum absolute atomic E-state index is 0.0353. The van der Waals surface area contributed by atoms with Gasteiger partial charge in [0, 0.05) is 19.1 Å². The first kappa shape index (κ1) is 19.7. The number of amides is 2. The third-order valence-corrected chi connectivity index (χ3v) is 7.09. The predicted molar refractivity (Wildman–Crippen MR) is 101 cm³/mol. The molecule has 27 heavy (non-hydrogen) atoms. The lowest BCUT2D eigenvalue weighted by Crippen LogP contribution is -2.42. The van der Waals surface area contributed by atoms with Gasteiger partial charge in [0.2, 0.25) is 11.8 Å². The van der Waals surface area contributed by atoms with Crippen molar-refractivity contribution in [1.29, 1.82) is 0 Å². The number of carbonyl (C=O) groups excluding carboxylic acids is 2. The Morgan fingerprint density at radius 3 is 2.48 bits per heavy atom. The Balaban J connectivity index is 1.51. The molecule has 3 unspecified atom stereocenters. The van der Waals surface area contributed by atoms with E-state index in [2.05, 4.69) is 5.32 Å². The van der Waals surface area contributed by atoms with Crippen LogP contribution in [0.5, 0.6) is 5.75 Å². The largest absolute Gasteiger partial charge is 0.497 e. The molecule has 3 rings (SSSR count). The zero-order chi connectivity index (χ0) is 19.6. The van der Waals surface area contributed by atoms with Gasteiger partial charge in [-0.2, -0.15) is 0 Å². The Morgan fingerprint density at radius 1 is 1.22 bits per heavy atom. The van der Waals surface area contributed by atoms with E-state index in [0.29, 0.717) is 25.9 Å². The third kappa shape index (κ3) is 4.61. The topological polar surface area (TPSA) is 92.8 Å². The van der Waals surface area contributed by atoms with Crippen molar-refractivity contribution in [2.75, 3.05) is 25.2 Å². The van der Waals surface area contributed by atoms with Crippen LogP contribution in [-0.4, -0.2) is 56.3 Å². The molecule has 1 saturated heterocycles. The van der Waals surface area contributed by atoms with Crippen LogP contribution in [0.25, 0.3) is 0 Å². The summed E-state index contributed by atoms with van der Waals surface area (Å²) in [7, 11) is -1.45. The first-order valence-corrected chi connectivity index (χ1v) is 11.1. The van der Waals surface area contributed by atoms with E-state index < -0.39 is 9.84 Å². The lowest BCUT2D eigenvalue weighted by atomic mass is 10.1. The van der Waals surface area contributed by atoms with E-state index in [1.165, 1.54) is 0 Å². The molecule has 1 aliphatic heterocycles. The highest BCUT2D eigenvalue weighted by Crippen LogP contribution is 2.41. The molecule has 1 heterocycles. The predicted octanol–water partition coefficient (Wildman–Crippen LogP) is 0.983. The molecule has 148 valence electrons. The molecule has 2 amide bonds. The van der Waals surface area contributed by atoms with Crippen molar-refractivity contribution in [2.24, 2.45) is 11.8 Å². The second-order valence-electron chi connectivity index (χ2n) is 7.20. The molecule has 7 nitrogen and oxygen atoms in total. The number of rotatable bonds is 7. The van der Waals surface area contributed by atoms with Gasteiger partial charge in [0.25, 0.3) is 0 Å². The summed E-state index contributed by atoms with van der Waals surface area (Å²) in [5.74, 6) is 0.0628. The maximum atomic E-state index is 12.7. The van der Waals surface area contributed by atoms with Crippen LogP contribution < -0.4 is 10.1 Å². The highest BCUT2D eigenvalue weighted by atomic mass is 32.2. The van der Waals surface area contributed by atoms with Gasteiger partial charge in [-0.05, 0) is 37.5 Å². The Morgan fingerprint density at radius 2 is 1.93 bits per heavy atom. The first-order chi connectivity index (χ1) is 12.8. The lowest BCUT2D eigenvalue weighted by Gasteiger charge is -2.27. The summed E-state index contributed by atoms with van der Waals surface area (Å²) in [6.07, 6.45) is 1.02. The Labute approximate surface area is 160 Å². The molecule has 0 aromatic heterocycles. The summed E-state index contributed by atoms with van der Waals surface area (Å²) in [4.78, 5) is 26.7. The van der Waals surface area contributed by atoms with Gasteiger partial charge in [-0.3, -0.25) is 9.59 Å². The minimum Gasteiger partial charge on any atom is -0.497 e. The van der Waals surface area contributed by atoms with Crippen LogP contribution in [0.1, 0.15) is 25.3 Å². The number of methoxy groups -OCH3 is 1. The van der Waals surface area contributed by atoms with Crippen LogP contribution in [-0.2, 0) is 26.0 Å². The van der Waals surface area contributed by atoms with Gasteiger partial charge in [0.15, 0.2) is 9.84 Å². The van der Waals surface area contributed by atoms with Gasteiger partial charge in [-0.25, -0.2) is 8.42 Å². The average Bonchev–Trinajstić information content (AvgIpc) is 3.38. The Hall–Kier alpha value is -2.09. The standard InChI is InChI=1S/C19H26N2O5S/c1-3-21(14-8-9-27(24,25)12-14)19(23)17-10-16(17)18(22)20-11-13-4-6-15(26-2)7-5-13/h4-7,14,16-17H,3,8-12H2,1-2H3,(H,20,22). The smallest absolute Gasteiger partial charge is 0.226 e. The van der Waals surface area contributed by atoms with E-state index in [-0.39, 0.29) is 41.2 Å². The van der Waals surface area contributed by atoms with Gasteiger partial charge in [0.05, 0.1) is 30.5 Å². The summed E-state index contributed by atoms with van der Waals surface area (Å²) in [6, 6.07) is 7.18. The normalized spacial score (nSPS) is 25.6. The monoisotopic (exact) mass is 394 g/mol. The van der Waals surface area contributed by atoms with E-state index in [1.807, 2.05) is 31.2 Å². The van der Waals surface area contributed by atoms with E-state index >= 15 is 0 Å². The SMILES string of the molecule is CCN(C(=O)C1CC1C(=O)NCc1ccc(OC)cc1)C1CCS(=O)(=O)C1. The van der Waals surface area contributed by atoms with Gasteiger partial charge in [-0.1, -0.05) is 12.1 Å². The van der Waals surface area contributed by atoms with Crippen molar-refractivity contribution in [1.82, 2.24) is 10.2 Å². The summed E-state index contributed by atoms with van der Waals surface area (Å²) in [6.45, 7) is 2.72. The number of hydrogen-bond acceptors (Lipinski definition) is 5. The third-order valence-electron chi connectivity index (χ3n) is 5.34.